The van der Waals surface area contributed by atoms with Gasteiger partial charge in [-0.15, -0.1) is 5.10 Å². The lowest BCUT2D eigenvalue weighted by Gasteiger charge is -2.24. The number of hydrogen-bond donors (Lipinski definition) is 0. The van der Waals surface area contributed by atoms with Gasteiger partial charge in [-0.2, -0.15) is 0 Å². The summed E-state index contributed by atoms with van der Waals surface area (Å²) in [6.45, 7) is 6.56. The van der Waals surface area contributed by atoms with Crippen molar-refractivity contribution >= 4 is 28.7 Å². The van der Waals surface area contributed by atoms with Gasteiger partial charge in [0.25, 0.3) is 0 Å². The third-order valence-corrected chi connectivity index (χ3v) is 7.27. The molecule has 9 heteroatoms. The van der Waals surface area contributed by atoms with Gasteiger partial charge in [0.2, 0.25) is 5.91 Å². The lowest BCUT2D eigenvalue weighted by Crippen LogP contribution is -2.35. The van der Waals surface area contributed by atoms with E-state index in [-0.39, 0.29) is 29.8 Å². The Morgan fingerprint density at radius 3 is 2.67 bits per heavy atom. The van der Waals surface area contributed by atoms with Crippen molar-refractivity contribution in [1.29, 1.82) is 0 Å². The zero-order chi connectivity index (χ0) is 26.0. The van der Waals surface area contributed by atoms with Crippen molar-refractivity contribution in [3.8, 4) is 5.75 Å². The highest BCUT2D eigenvalue weighted by atomic mass is 16.5. The first-order valence-corrected chi connectivity index (χ1v) is 12.4. The Balaban J connectivity index is 1.65. The van der Waals surface area contributed by atoms with Gasteiger partial charge in [-0.25, -0.2) is 0 Å². The third kappa shape index (κ3) is 5.01. The first-order valence-electron chi connectivity index (χ1n) is 12.4. The van der Waals surface area contributed by atoms with Crippen LogP contribution in [0.3, 0.4) is 0 Å². The second kappa shape index (κ2) is 10.6. The van der Waals surface area contributed by atoms with Crippen LogP contribution >= 0.6 is 0 Å². The molecule has 1 aliphatic heterocycles. The molecule has 0 N–H and O–H groups in total. The summed E-state index contributed by atoms with van der Waals surface area (Å²) in [5.74, 6) is 0.244. The van der Waals surface area contributed by atoms with Gasteiger partial charge in [0.1, 0.15) is 5.75 Å². The molecule has 1 aromatic carbocycles. The molecule has 2 bridgehead atoms. The van der Waals surface area contributed by atoms with Crippen LogP contribution in [-0.4, -0.2) is 58.2 Å². The summed E-state index contributed by atoms with van der Waals surface area (Å²) in [6, 6.07) is 5.99. The van der Waals surface area contributed by atoms with Crippen LogP contribution in [0, 0.1) is 0 Å². The van der Waals surface area contributed by atoms with E-state index in [9.17, 15) is 9.59 Å². The number of benzene rings is 1. The summed E-state index contributed by atoms with van der Waals surface area (Å²) in [4.78, 5) is 29.6. The van der Waals surface area contributed by atoms with Gasteiger partial charge in [0, 0.05) is 50.8 Å². The van der Waals surface area contributed by atoms with Gasteiger partial charge in [-0.1, -0.05) is 23.2 Å². The van der Waals surface area contributed by atoms with Crippen LogP contribution in [0.15, 0.2) is 40.0 Å². The fourth-order valence-corrected chi connectivity index (χ4v) is 4.90. The topological polar surface area (TPSA) is 93.7 Å². The number of anilines is 1. The average Bonchev–Trinajstić information content (AvgIpc) is 3.48. The fraction of sp³-hybridized carbons (Fsp3) is 0.481. The molecule has 0 fully saturated rings. The van der Waals surface area contributed by atoms with E-state index >= 15 is 0 Å². The second-order valence-electron chi connectivity index (χ2n) is 9.54. The molecule has 2 aromatic heterocycles. The predicted octanol–water partition coefficient (Wildman–Crippen LogP) is 4.52. The molecule has 9 nitrogen and oxygen atoms in total. The first kappa shape index (κ1) is 25.5. The molecule has 0 aliphatic carbocycles. The molecular weight excluding hydrogens is 458 g/mol. The number of methoxy groups -OCH3 is 1. The second-order valence-corrected chi connectivity index (χ2v) is 9.54. The van der Waals surface area contributed by atoms with E-state index in [0.717, 1.165) is 35.1 Å². The molecule has 0 spiro atoms. The summed E-state index contributed by atoms with van der Waals surface area (Å²) in [5, 5.41) is 9.17. The van der Waals surface area contributed by atoms with Crippen molar-refractivity contribution in [2.24, 2.45) is 7.05 Å². The number of aromatic nitrogens is 3. The first-order chi connectivity index (χ1) is 17.2. The minimum absolute atomic E-state index is 0.0352. The van der Waals surface area contributed by atoms with Crippen molar-refractivity contribution in [2.75, 3.05) is 25.6 Å². The Hall–Kier alpha value is -3.62. The Bertz CT molecular complexity index is 1300. The number of fused-ring (bicyclic) bond motifs is 3. The van der Waals surface area contributed by atoms with Gasteiger partial charge in [-0.05, 0) is 57.2 Å². The summed E-state index contributed by atoms with van der Waals surface area (Å²) in [7, 11) is 5.38. The molecule has 36 heavy (non-hydrogen) atoms. The third-order valence-electron chi connectivity index (χ3n) is 7.27. The predicted molar refractivity (Wildman–Crippen MR) is 138 cm³/mol. The van der Waals surface area contributed by atoms with Gasteiger partial charge in [0.05, 0.1) is 12.6 Å². The minimum Gasteiger partial charge on any atom is -0.497 e. The highest BCUT2D eigenvalue weighted by molar-refractivity contribution is 5.93. The Morgan fingerprint density at radius 2 is 1.94 bits per heavy atom. The molecule has 2 amide bonds. The number of amides is 2. The SMILES string of the molecule is CC/C1=C(\C)CC(C)N(C)C(=O)c2nnc(o2)N(CCc2cn(C)c3cc(OC)ccc23)C(=O)CC1. The maximum atomic E-state index is 13.4. The van der Waals surface area contributed by atoms with E-state index in [1.165, 1.54) is 16.0 Å². The Kier molecular flexibility index (Phi) is 7.47. The molecule has 1 unspecified atom stereocenters. The van der Waals surface area contributed by atoms with Crippen molar-refractivity contribution < 1.29 is 18.7 Å². The van der Waals surface area contributed by atoms with Crippen LogP contribution in [0.1, 0.15) is 62.7 Å². The molecule has 0 saturated carbocycles. The van der Waals surface area contributed by atoms with Gasteiger partial charge in [-0.3, -0.25) is 14.5 Å². The monoisotopic (exact) mass is 493 g/mol. The van der Waals surface area contributed by atoms with Gasteiger partial charge in [0.15, 0.2) is 0 Å². The van der Waals surface area contributed by atoms with E-state index in [2.05, 4.69) is 34.8 Å². The molecule has 3 heterocycles. The van der Waals surface area contributed by atoms with E-state index in [1.807, 2.05) is 32.2 Å². The lowest BCUT2D eigenvalue weighted by molar-refractivity contribution is -0.118. The molecule has 4 rings (SSSR count). The van der Waals surface area contributed by atoms with Crippen LogP contribution in [0.2, 0.25) is 0 Å². The van der Waals surface area contributed by atoms with E-state index < -0.39 is 0 Å². The van der Waals surface area contributed by atoms with Gasteiger partial charge >= 0.3 is 17.8 Å². The Morgan fingerprint density at radius 1 is 1.17 bits per heavy atom. The number of aryl methyl sites for hydroxylation is 1. The Labute approximate surface area is 211 Å². The van der Waals surface area contributed by atoms with Crippen molar-refractivity contribution in [2.45, 2.75) is 58.9 Å². The molecule has 192 valence electrons. The number of carbonyl (C=O) groups excluding carboxylic acids is 2. The average molecular weight is 494 g/mol. The quantitative estimate of drug-likeness (QED) is 0.485. The lowest BCUT2D eigenvalue weighted by atomic mass is 9.96. The van der Waals surface area contributed by atoms with E-state index in [0.29, 0.717) is 25.8 Å². The number of carbonyl (C=O) groups is 2. The molecule has 0 saturated heterocycles. The molecule has 3 aromatic rings. The zero-order valence-corrected chi connectivity index (χ0v) is 22.0. The standard InChI is InChI=1S/C27H35N5O4/c1-7-19-8-11-24(33)32(13-12-20-16-30(4)23-15-21(35-6)9-10-22(20)23)27-29-28-25(36-27)26(34)31(5)18(3)14-17(19)2/h9-10,15-16,18H,7-8,11-14H2,1-6H3/b19-17-. The zero-order valence-electron chi connectivity index (χ0n) is 22.0. The van der Waals surface area contributed by atoms with Crippen molar-refractivity contribution in [3.63, 3.8) is 0 Å². The number of nitrogens with zero attached hydrogens (tertiary/aromatic N) is 5. The molecular formula is C27H35N5O4. The van der Waals surface area contributed by atoms with Crippen LogP contribution in [0.5, 0.6) is 5.75 Å². The smallest absolute Gasteiger partial charge is 0.325 e. The van der Waals surface area contributed by atoms with Crippen molar-refractivity contribution in [1.82, 2.24) is 19.7 Å². The van der Waals surface area contributed by atoms with Crippen LogP contribution in [0.25, 0.3) is 10.9 Å². The van der Waals surface area contributed by atoms with Crippen molar-refractivity contribution in [3.05, 3.63) is 47.0 Å². The van der Waals surface area contributed by atoms with Crippen LogP contribution < -0.4 is 9.64 Å². The summed E-state index contributed by atoms with van der Waals surface area (Å²) in [5.41, 5.74) is 4.63. The highest BCUT2D eigenvalue weighted by Crippen LogP contribution is 2.27. The van der Waals surface area contributed by atoms with Crippen LogP contribution in [0.4, 0.5) is 6.01 Å². The van der Waals surface area contributed by atoms with E-state index in [1.54, 1.807) is 19.1 Å². The maximum Gasteiger partial charge on any atom is 0.325 e. The fourth-order valence-electron chi connectivity index (χ4n) is 4.90. The van der Waals surface area contributed by atoms with E-state index in [4.69, 9.17) is 9.15 Å². The minimum atomic E-state index is -0.346. The summed E-state index contributed by atoms with van der Waals surface area (Å²) < 4.78 is 13.2. The van der Waals surface area contributed by atoms with Gasteiger partial charge < -0.3 is 18.6 Å². The molecule has 0 radical (unpaired) electrons. The number of ether oxygens (including phenoxy) is 1. The summed E-state index contributed by atoms with van der Waals surface area (Å²) in [6.07, 6.45) is 5.26. The number of hydrogen-bond acceptors (Lipinski definition) is 6. The summed E-state index contributed by atoms with van der Waals surface area (Å²) >= 11 is 0. The van der Waals surface area contributed by atoms with Crippen LogP contribution in [-0.2, 0) is 18.3 Å². The number of allylic oxidation sites excluding steroid dienone is 1. The number of rotatable bonds is 5. The highest BCUT2D eigenvalue weighted by Gasteiger charge is 2.28. The maximum absolute atomic E-state index is 13.4. The normalized spacial score (nSPS) is 19.9. The largest absolute Gasteiger partial charge is 0.497 e. The molecule has 1 atom stereocenters. The molecule has 1 aliphatic rings.